The number of carbonyl (C=O) groups is 1. The van der Waals surface area contributed by atoms with E-state index < -0.39 is 12.4 Å². The molecule has 0 atom stereocenters. The maximum absolute atomic E-state index is 13.2. The minimum atomic E-state index is -2.94. The Balaban J connectivity index is 1.49. The molecule has 29 heavy (non-hydrogen) atoms. The fraction of sp³-hybridized carbons (Fsp3) is 0.857. The molecule has 2 fully saturated rings. The second-order valence-corrected chi connectivity index (χ2v) is 16.0. The minimum Gasteiger partial charge on any atom is -0.381 e. The number of hydrogen-bond donors (Lipinski definition) is 0. The summed E-state index contributed by atoms with van der Waals surface area (Å²) in [5.74, 6) is 0.748. The lowest BCUT2D eigenvalue weighted by molar-refractivity contribution is -0.120. The molecule has 168 valence electrons. The van der Waals surface area contributed by atoms with Gasteiger partial charge in [0, 0.05) is 19.1 Å². The molecule has 0 aliphatic heterocycles. The van der Waals surface area contributed by atoms with E-state index in [1.165, 1.54) is 0 Å². The van der Waals surface area contributed by atoms with Gasteiger partial charge in [0.05, 0.1) is 6.10 Å². The summed E-state index contributed by atoms with van der Waals surface area (Å²) in [7, 11) is 0. The molecule has 2 aliphatic rings. The van der Waals surface area contributed by atoms with Crippen molar-refractivity contribution in [1.29, 1.82) is 0 Å². The van der Waals surface area contributed by atoms with Gasteiger partial charge < -0.3 is 9.16 Å². The van der Waals surface area contributed by atoms with E-state index in [1.54, 1.807) is 6.08 Å². The summed E-state index contributed by atoms with van der Waals surface area (Å²) >= 11 is 17.0. The zero-order valence-electron chi connectivity index (χ0n) is 17.1. The Morgan fingerprint density at radius 2 is 1.52 bits per heavy atom. The minimum absolute atomic E-state index is 0.130. The van der Waals surface area contributed by atoms with E-state index in [4.69, 9.17) is 42.4 Å². The standard InChI is InChI=1S/C21H34Cl3FO3Si/c22-29(23,24)28-16-4-2-1-3-15-27-20-12-8-18(9-13-20)21(26)14-7-17-5-10-19(25)11-6-17/h7,14,17-20H,1-6,8-13,15-16H2. The lowest BCUT2D eigenvalue weighted by atomic mass is 9.83. The first kappa shape index (κ1) is 25.6. The van der Waals surface area contributed by atoms with Crippen LogP contribution >= 0.6 is 33.2 Å². The fourth-order valence-corrected chi connectivity index (χ4v) is 5.22. The van der Waals surface area contributed by atoms with Crippen molar-refractivity contribution in [2.45, 2.75) is 89.3 Å². The van der Waals surface area contributed by atoms with Gasteiger partial charge in [0.1, 0.15) is 6.17 Å². The van der Waals surface area contributed by atoms with Crippen molar-refractivity contribution < 1.29 is 18.3 Å². The third-order valence-corrected chi connectivity index (χ3v) is 7.48. The molecule has 0 N–H and O–H groups in total. The molecule has 0 spiro atoms. The molecule has 0 bridgehead atoms. The molecule has 0 saturated heterocycles. The first-order chi connectivity index (χ1) is 13.8. The van der Waals surface area contributed by atoms with E-state index in [0.717, 1.165) is 70.8 Å². The lowest BCUT2D eigenvalue weighted by Crippen LogP contribution is -2.26. The van der Waals surface area contributed by atoms with Gasteiger partial charge in [-0.2, -0.15) is 0 Å². The molecule has 0 amide bonds. The zero-order chi connectivity index (χ0) is 21.1. The summed E-state index contributed by atoms with van der Waals surface area (Å²) in [4.78, 5) is 12.4. The number of unbranched alkanes of at least 4 members (excludes halogenated alkanes) is 3. The molecule has 2 rings (SSSR count). The number of rotatable bonds is 12. The SMILES string of the molecule is O=C(C=CC1CCC(F)CC1)C1CCC(OCCCCCCO[Si](Cl)(Cl)Cl)CC1. The first-order valence-electron chi connectivity index (χ1n) is 11.0. The predicted octanol–water partition coefficient (Wildman–Crippen LogP) is 6.94. The maximum Gasteiger partial charge on any atom is 0.493 e. The maximum atomic E-state index is 13.2. The molecule has 3 nitrogen and oxygen atoms in total. The summed E-state index contributed by atoms with van der Waals surface area (Å²) in [6.07, 6.45) is 11.3. The second kappa shape index (κ2) is 13.7. The Labute approximate surface area is 189 Å². The van der Waals surface area contributed by atoms with Crippen molar-refractivity contribution in [3.05, 3.63) is 12.2 Å². The van der Waals surface area contributed by atoms with E-state index in [0.29, 0.717) is 25.4 Å². The summed E-state index contributed by atoms with van der Waals surface area (Å²) in [6.45, 7) is 1.27. The number of hydrogen-bond acceptors (Lipinski definition) is 3. The smallest absolute Gasteiger partial charge is 0.381 e. The van der Waals surface area contributed by atoms with Crippen molar-refractivity contribution in [3.63, 3.8) is 0 Å². The van der Waals surface area contributed by atoms with E-state index in [-0.39, 0.29) is 17.8 Å². The second-order valence-electron chi connectivity index (χ2n) is 8.33. The van der Waals surface area contributed by atoms with E-state index in [2.05, 4.69) is 0 Å². The molecule has 0 unspecified atom stereocenters. The van der Waals surface area contributed by atoms with Crippen LogP contribution in [0.3, 0.4) is 0 Å². The number of ether oxygens (including phenoxy) is 1. The molecule has 0 aromatic carbocycles. The Kier molecular flexibility index (Phi) is 12.1. The lowest BCUT2D eigenvalue weighted by Gasteiger charge is -2.27. The quantitative estimate of drug-likeness (QED) is 0.129. The van der Waals surface area contributed by atoms with Crippen molar-refractivity contribution >= 4 is 45.3 Å². The van der Waals surface area contributed by atoms with Crippen LogP contribution in [0, 0.1) is 11.8 Å². The molecule has 0 heterocycles. The van der Waals surface area contributed by atoms with Crippen molar-refractivity contribution in [2.24, 2.45) is 11.8 Å². The van der Waals surface area contributed by atoms with Crippen LogP contribution in [0.15, 0.2) is 12.2 Å². The molecule has 0 radical (unpaired) electrons. The molecule has 2 aliphatic carbocycles. The van der Waals surface area contributed by atoms with Gasteiger partial charge in [0.25, 0.3) is 0 Å². The Morgan fingerprint density at radius 1 is 0.897 bits per heavy atom. The van der Waals surface area contributed by atoms with Crippen molar-refractivity contribution in [3.8, 4) is 0 Å². The van der Waals surface area contributed by atoms with E-state index in [9.17, 15) is 9.18 Å². The third-order valence-electron chi connectivity index (χ3n) is 5.97. The molecule has 0 aromatic heterocycles. The van der Waals surface area contributed by atoms with Gasteiger partial charge in [0.15, 0.2) is 5.78 Å². The third kappa shape index (κ3) is 11.5. The van der Waals surface area contributed by atoms with Crippen LogP contribution in [0.25, 0.3) is 0 Å². The number of carbonyl (C=O) groups excluding carboxylic acids is 1. The molecular weight excluding hydrogens is 454 g/mol. The van der Waals surface area contributed by atoms with Crippen LogP contribution in [-0.4, -0.2) is 37.5 Å². The van der Waals surface area contributed by atoms with E-state index >= 15 is 0 Å². The largest absolute Gasteiger partial charge is 0.493 e. The van der Waals surface area contributed by atoms with Crippen LogP contribution in [0.2, 0.25) is 0 Å². The van der Waals surface area contributed by atoms with Gasteiger partial charge in [-0.15, -0.1) is 0 Å². The highest BCUT2D eigenvalue weighted by Crippen LogP contribution is 2.30. The fourth-order valence-electron chi connectivity index (χ4n) is 4.15. The van der Waals surface area contributed by atoms with Gasteiger partial charge in [-0.25, -0.2) is 4.39 Å². The van der Waals surface area contributed by atoms with Gasteiger partial charge in [-0.3, -0.25) is 4.79 Å². The molecule has 2 saturated carbocycles. The average Bonchev–Trinajstić information content (AvgIpc) is 2.69. The van der Waals surface area contributed by atoms with Gasteiger partial charge in [-0.1, -0.05) is 52.2 Å². The highest BCUT2D eigenvalue weighted by Gasteiger charge is 2.27. The number of halogens is 4. The average molecular weight is 488 g/mol. The summed E-state index contributed by atoms with van der Waals surface area (Å²) in [5.41, 5.74) is 0. The Morgan fingerprint density at radius 3 is 2.14 bits per heavy atom. The van der Waals surface area contributed by atoms with Gasteiger partial charge >= 0.3 is 6.25 Å². The summed E-state index contributed by atoms with van der Waals surface area (Å²) in [5, 5.41) is 0. The van der Waals surface area contributed by atoms with Crippen LogP contribution in [-0.2, 0) is 14.0 Å². The highest BCUT2D eigenvalue weighted by atomic mass is 35.8. The van der Waals surface area contributed by atoms with Gasteiger partial charge in [0.2, 0.25) is 0 Å². The summed E-state index contributed by atoms with van der Waals surface area (Å²) in [6, 6.07) is 0. The molecule has 0 aromatic rings. The monoisotopic (exact) mass is 486 g/mol. The van der Waals surface area contributed by atoms with Crippen molar-refractivity contribution in [1.82, 2.24) is 0 Å². The Bertz CT molecular complexity index is 500. The van der Waals surface area contributed by atoms with Crippen LogP contribution in [0.4, 0.5) is 4.39 Å². The number of alkyl halides is 1. The van der Waals surface area contributed by atoms with Crippen LogP contribution in [0.5, 0.6) is 0 Å². The van der Waals surface area contributed by atoms with Crippen molar-refractivity contribution in [2.75, 3.05) is 13.2 Å². The van der Waals surface area contributed by atoms with Crippen LogP contribution in [0.1, 0.15) is 77.0 Å². The normalized spacial score (nSPS) is 28.7. The van der Waals surface area contributed by atoms with E-state index in [1.807, 2.05) is 6.08 Å². The Hall–Kier alpha value is 0.347. The van der Waals surface area contributed by atoms with Gasteiger partial charge in [-0.05, 0) is 76.2 Å². The molecule has 8 heteroatoms. The highest BCUT2D eigenvalue weighted by molar-refractivity contribution is 7.62. The zero-order valence-corrected chi connectivity index (χ0v) is 20.4. The topological polar surface area (TPSA) is 35.5 Å². The summed E-state index contributed by atoms with van der Waals surface area (Å²) < 4.78 is 24.3. The molecular formula is C21H34Cl3FO3Si. The predicted molar refractivity (Wildman–Crippen MR) is 120 cm³/mol. The number of ketones is 1. The van der Waals surface area contributed by atoms with Crippen LogP contribution < -0.4 is 0 Å². The number of allylic oxidation sites excluding steroid dienone is 2. The first-order valence-corrected chi connectivity index (χ1v) is 16.0.